The Morgan fingerprint density at radius 2 is 1.94 bits per heavy atom. The topological polar surface area (TPSA) is 33.1 Å². The van der Waals surface area contributed by atoms with Crippen LogP contribution in [0.3, 0.4) is 0 Å². The number of pyridine rings is 1. The molecule has 92 valence electrons. The summed E-state index contributed by atoms with van der Waals surface area (Å²) in [4.78, 5) is 4.58. The third-order valence-electron chi connectivity index (χ3n) is 4.33. The predicted molar refractivity (Wildman–Crippen MR) is 68.1 cm³/mol. The quantitative estimate of drug-likeness (QED) is 0.803. The van der Waals surface area contributed by atoms with Crippen molar-refractivity contribution in [2.24, 2.45) is 0 Å². The molecule has 2 aliphatic rings. The Bertz CT molecular complexity index is 421. The van der Waals surface area contributed by atoms with Gasteiger partial charge in [0.1, 0.15) is 0 Å². The van der Waals surface area contributed by atoms with Crippen molar-refractivity contribution >= 4 is 0 Å². The standard InChI is InChI=1S/C15H21NO/c1-10-9-13(11-5-2-3-6-11)12-7-4-8-14(17)15(12)16-10/h9,11,14,17H,2-8H2,1H3. The minimum atomic E-state index is -0.321. The minimum absolute atomic E-state index is 0.321. The highest BCUT2D eigenvalue weighted by Crippen LogP contribution is 2.40. The molecule has 3 rings (SSSR count). The van der Waals surface area contributed by atoms with E-state index in [-0.39, 0.29) is 6.10 Å². The van der Waals surface area contributed by atoms with Crippen LogP contribution in [0, 0.1) is 6.92 Å². The third-order valence-corrected chi connectivity index (χ3v) is 4.33. The van der Waals surface area contributed by atoms with Crippen molar-refractivity contribution in [3.8, 4) is 0 Å². The zero-order valence-corrected chi connectivity index (χ0v) is 10.6. The monoisotopic (exact) mass is 231 g/mol. The molecule has 1 heterocycles. The van der Waals surface area contributed by atoms with Crippen molar-refractivity contribution in [3.63, 3.8) is 0 Å². The van der Waals surface area contributed by atoms with Gasteiger partial charge in [0, 0.05) is 5.69 Å². The Morgan fingerprint density at radius 1 is 1.18 bits per heavy atom. The summed E-state index contributed by atoms with van der Waals surface area (Å²) in [5, 5.41) is 10.1. The van der Waals surface area contributed by atoms with Crippen molar-refractivity contribution in [3.05, 3.63) is 28.6 Å². The van der Waals surface area contributed by atoms with E-state index in [0.29, 0.717) is 0 Å². The number of rotatable bonds is 1. The van der Waals surface area contributed by atoms with Gasteiger partial charge >= 0.3 is 0 Å². The summed E-state index contributed by atoms with van der Waals surface area (Å²) in [6.07, 6.45) is 8.17. The molecule has 0 aliphatic heterocycles. The summed E-state index contributed by atoms with van der Waals surface area (Å²) >= 11 is 0. The summed E-state index contributed by atoms with van der Waals surface area (Å²) < 4.78 is 0. The maximum Gasteiger partial charge on any atom is 0.0962 e. The number of aliphatic hydroxyl groups is 1. The Balaban J connectivity index is 2.07. The normalized spacial score (nSPS) is 24.9. The summed E-state index contributed by atoms with van der Waals surface area (Å²) in [5.41, 5.74) is 4.94. The molecule has 0 aromatic carbocycles. The van der Waals surface area contributed by atoms with E-state index in [1.165, 1.54) is 36.8 Å². The Labute approximate surface area is 103 Å². The fourth-order valence-electron chi connectivity index (χ4n) is 3.51. The lowest BCUT2D eigenvalue weighted by molar-refractivity contribution is 0.151. The van der Waals surface area contributed by atoms with Crippen LogP contribution in [-0.2, 0) is 6.42 Å². The van der Waals surface area contributed by atoms with E-state index in [9.17, 15) is 5.11 Å². The second-order valence-corrected chi connectivity index (χ2v) is 5.61. The molecule has 0 bridgehead atoms. The molecule has 1 unspecified atom stereocenters. The molecule has 0 amide bonds. The third kappa shape index (κ3) is 1.99. The first-order valence-corrected chi connectivity index (χ1v) is 6.94. The lowest BCUT2D eigenvalue weighted by Gasteiger charge is -2.25. The van der Waals surface area contributed by atoms with Crippen molar-refractivity contribution < 1.29 is 5.11 Å². The van der Waals surface area contributed by atoms with Gasteiger partial charge in [-0.25, -0.2) is 0 Å². The highest BCUT2D eigenvalue weighted by molar-refractivity contribution is 5.38. The molecule has 17 heavy (non-hydrogen) atoms. The molecule has 0 saturated heterocycles. The molecule has 1 saturated carbocycles. The molecular weight excluding hydrogens is 210 g/mol. The largest absolute Gasteiger partial charge is 0.387 e. The smallest absolute Gasteiger partial charge is 0.0962 e. The summed E-state index contributed by atoms with van der Waals surface area (Å²) in [6, 6.07) is 2.27. The van der Waals surface area contributed by atoms with Gasteiger partial charge in [0.05, 0.1) is 11.8 Å². The van der Waals surface area contributed by atoms with E-state index in [2.05, 4.69) is 18.0 Å². The zero-order valence-electron chi connectivity index (χ0n) is 10.6. The number of aryl methyl sites for hydroxylation is 1. The maximum atomic E-state index is 10.1. The summed E-state index contributed by atoms with van der Waals surface area (Å²) in [5.74, 6) is 0.732. The van der Waals surface area contributed by atoms with Gasteiger partial charge < -0.3 is 5.11 Å². The SMILES string of the molecule is Cc1cc(C2CCCC2)c2c(n1)C(O)CCC2. The molecule has 1 fully saturated rings. The lowest BCUT2D eigenvalue weighted by atomic mass is 9.84. The average molecular weight is 231 g/mol. The van der Waals surface area contributed by atoms with Gasteiger partial charge in [-0.15, -0.1) is 0 Å². The number of nitrogens with zero attached hydrogens (tertiary/aromatic N) is 1. The lowest BCUT2D eigenvalue weighted by Crippen LogP contribution is -2.16. The van der Waals surface area contributed by atoms with Gasteiger partial charge in [-0.1, -0.05) is 12.8 Å². The second-order valence-electron chi connectivity index (χ2n) is 5.61. The first-order chi connectivity index (χ1) is 8.25. The molecule has 2 nitrogen and oxygen atoms in total. The van der Waals surface area contributed by atoms with Crippen molar-refractivity contribution in [1.82, 2.24) is 4.98 Å². The minimum Gasteiger partial charge on any atom is -0.387 e. The van der Waals surface area contributed by atoms with Gasteiger partial charge in [0.25, 0.3) is 0 Å². The van der Waals surface area contributed by atoms with Gasteiger partial charge in [-0.2, -0.15) is 0 Å². The summed E-state index contributed by atoms with van der Waals surface area (Å²) in [7, 11) is 0. The fraction of sp³-hybridized carbons (Fsp3) is 0.667. The molecule has 0 spiro atoms. The van der Waals surface area contributed by atoms with E-state index >= 15 is 0 Å². The number of fused-ring (bicyclic) bond motifs is 1. The molecule has 2 heteroatoms. The van der Waals surface area contributed by atoms with Crippen molar-refractivity contribution in [2.75, 3.05) is 0 Å². The van der Waals surface area contributed by atoms with Crippen molar-refractivity contribution in [2.45, 2.75) is 63.9 Å². The van der Waals surface area contributed by atoms with Gasteiger partial charge in [-0.05, 0) is 62.1 Å². The van der Waals surface area contributed by atoms with Crippen LogP contribution in [-0.4, -0.2) is 10.1 Å². The van der Waals surface area contributed by atoms with Crippen LogP contribution >= 0.6 is 0 Å². The van der Waals surface area contributed by atoms with E-state index < -0.39 is 0 Å². The highest BCUT2D eigenvalue weighted by Gasteiger charge is 2.27. The maximum absolute atomic E-state index is 10.1. The zero-order chi connectivity index (χ0) is 11.8. The van der Waals surface area contributed by atoms with Crippen LogP contribution in [0.5, 0.6) is 0 Å². The Morgan fingerprint density at radius 3 is 2.71 bits per heavy atom. The van der Waals surface area contributed by atoms with Crippen LogP contribution in [0.15, 0.2) is 6.07 Å². The Hall–Kier alpha value is -0.890. The molecule has 1 aromatic heterocycles. The van der Waals surface area contributed by atoms with E-state index in [1.807, 2.05) is 0 Å². The fourth-order valence-corrected chi connectivity index (χ4v) is 3.51. The number of hydrogen-bond acceptors (Lipinski definition) is 2. The van der Waals surface area contributed by atoms with Gasteiger partial charge in [-0.3, -0.25) is 4.98 Å². The second kappa shape index (κ2) is 4.41. The molecule has 1 aromatic rings. The average Bonchev–Trinajstić information content (AvgIpc) is 2.83. The summed E-state index contributed by atoms with van der Waals surface area (Å²) in [6.45, 7) is 2.06. The molecular formula is C15H21NO. The first-order valence-electron chi connectivity index (χ1n) is 6.94. The van der Waals surface area contributed by atoms with Crippen LogP contribution in [0.4, 0.5) is 0 Å². The van der Waals surface area contributed by atoms with Crippen LogP contribution in [0.25, 0.3) is 0 Å². The Kier molecular flexibility index (Phi) is 2.91. The number of aliphatic hydroxyl groups excluding tert-OH is 1. The first kappa shape index (κ1) is 11.2. The predicted octanol–water partition coefficient (Wildman–Crippen LogP) is 3.42. The van der Waals surface area contributed by atoms with Crippen molar-refractivity contribution in [1.29, 1.82) is 0 Å². The number of aromatic nitrogens is 1. The van der Waals surface area contributed by atoms with Crippen LogP contribution < -0.4 is 0 Å². The number of hydrogen-bond donors (Lipinski definition) is 1. The molecule has 2 aliphatic carbocycles. The molecule has 1 atom stereocenters. The molecule has 1 N–H and O–H groups in total. The van der Waals surface area contributed by atoms with Gasteiger partial charge in [0.2, 0.25) is 0 Å². The highest BCUT2D eigenvalue weighted by atomic mass is 16.3. The van der Waals surface area contributed by atoms with Gasteiger partial charge in [0.15, 0.2) is 0 Å². The van der Waals surface area contributed by atoms with Crippen LogP contribution in [0.2, 0.25) is 0 Å². The van der Waals surface area contributed by atoms with Crippen LogP contribution in [0.1, 0.15) is 73.1 Å². The molecule has 0 radical (unpaired) electrons. The van der Waals surface area contributed by atoms with E-state index in [0.717, 1.165) is 36.6 Å². The van der Waals surface area contributed by atoms with E-state index in [1.54, 1.807) is 0 Å². The van der Waals surface area contributed by atoms with E-state index in [4.69, 9.17) is 0 Å².